The molecule has 1 atom stereocenters. The summed E-state index contributed by atoms with van der Waals surface area (Å²) in [5.74, 6) is -2.23. The number of alkyl halides is 3. The topological polar surface area (TPSA) is 12.0 Å². The Hall–Kier alpha value is -1.17. The van der Waals surface area contributed by atoms with Gasteiger partial charge in [0.05, 0.1) is 6.42 Å². The summed E-state index contributed by atoms with van der Waals surface area (Å²) in [4.78, 5) is 0. The maximum atomic E-state index is 12.8. The molecule has 0 aliphatic heterocycles. The molecule has 0 aliphatic carbocycles. The van der Waals surface area contributed by atoms with E-state index in [0.29, 0.717) is 0 Å². The molecule has 6 heteroatoms. The zero-order valence-corrected chi connectivity index (χ0v) is 8.41. The van der Waals surface area contributed by atoms with Crippen molar-refractivity contribution >= 4 is 0 Å². The van der Waals surface area contributed by atoms with E-state index in [1.54, 1.807) is 0 Å². The van der Waals surface area contributed by atoms with Crippen LogP contribution in [0.4, 0.5) is 22.0 Å². The molecule has 0 saturated heterocycles. The molecule has 0 spiro atoms. The molecule has 0 heterocycles. The van der Waals surface area contributed by atoms with Crippen LogP contribution in [0.3, 0.4) is 0 Å². The third-order valence-electron chi connectivity index (χ3n) is 2.13. The highest BCUT2D eigenvalue weighted by Crippen LogP contribution is 2.29. The first-order valence-corrected chi connectivity index (χ1v) is 4.52. The molecule has 1 nitrogen and oxygen atoms in total. The van der Waals surface area contributed by atoms with E-state index in [4.69, 9.17) is 0 Å². The van der Waals surface area contributed by atoms with Crippen molar-refractivity contribution in [3.05, 3.63) is 35.4 Å². The summed E-state index contributed by atoms with van der Waals surface area (Å²) >= 11 is 0. The van der Waals surface area contributed by atoms with Crippen molar-refractivity contribution in [1.29, 1.82) is 0 Å². The van der Waals surface area contributed by atoms with Gasteiger partial charge in [0, 0.05) is 6.04 Å². The van der Waals surface area contributed by atoms with Crippen molar-refractivity contribution in [3.8, 4) is 0 Å². The van der Waals surface area contributed by atoms with E-state index in [-0.39, 0.29) is 5.56 Å². The molecule has 1 aromatic rings. The Balaban J connectivity index is 2.91. The van der Waals surface area contributed by atoms with Gasteiger partial charge < -0.3 is 5.32 Å². The maximum absolute atomic E-state index is 12.8. The first kappa shape index (κ1) is 12.9. The molecule has 1 aromatic carbocycles. The van der Waals surface area contributed by atoms with Crippen LogP contribution in [0.2, 0.25) is 0 Å². The summed E-state index contributed by atoms with van der Waals surface area (Å²) in [6.07, 6.45) is -5.49. The molecule has 1 rings (SSSR count). The molecule has 16 heavy (non-hydrogen) atoms. The van der Waals surface area contributed by atoms with Gasteiger partial charge in [-0.15, -0.1) is 0 Å². The third kappa shape index (κ3) is 3.44. The van der Waals surface area contributed by atoms with Gasteiger partial charge in [0.25, 0.3) is 0 Å². The van der Waals surface area contributed by atoms with Crippen LogP contribution < -0.4 is 5.32 Å². The number of rotatable bonds is 3. The summed E-state index contributed by atoms with van der Waals surface area (Å²) in [6.45, 7) is 0. The van der Waals surface area contributed by atoms with Gasteiger partial charge >= 0.3 is 6.18 Å². The average molecular weight is 239 g/mol. The predicted octanol–water partition coefficient (Wildman–Crippen LogP) is 3.18. The average Bonchev–Trinajstić information content (AvgIpc) is 2.17. The first-order chi connectivity index (χ1) is 7.33. The van der Waals surface area contributed by atoms with E-state index in [1.165, 1.54) is 7.05 Å². The van der Waals surface area contributed by atoms with Crippen LogP contribution in [-0.4, -0.2) is 13.2 Å². The van der Waals surface area contributed by atoms with Gasteiger partial charge in [-0.25, -0.2) is 8.78 Å². The van der Waals surface area contributed by atoms with E-state index < -0.39 is 30.3 Å². The Kier molecular flexibility index (Phi) is 3.85. The fourth-order valence-electron chi connectivity index (χ4n) is 1.35. The van der Waals surface area contributed by atoms with E-state index in [1.807, 2.05) is 0 Å². The Labute approximate surface area is 89.3 Å². The Bertz CT molecular complexity index is 361. The van der Waals surface area contributed by atoms with E-state index in [2.05, 4.69) is 5.32 Å². The largest absolute Gasteiger partial charge is 0.390 e. The summed E-state index contributed by atoms with van der Waals surface area (Å²) < 4.78 is 61.9. The van der Waals surface area contributed by atoms with E-state index in [9.17, 15) is 22.0 Å². The lowest BCUT2D eigenvalue weighted by Crippen LogP contribution is -2.23. The highest BCUT2D eigenvalue weighted by molar-refractivity contribution is 5.21. The van der Waals surface area contributed by atoms with Gasteiger partial charge in [0.1, 0.15) is 0 Å². The van der Waals surface area contributed by atoms with Crippen LogP contribution in [0.25, 0.3) is 0 Å². The van der Waals surface area contributed by atoms with Crippen LogP contribution >= 0.6 is 0 Å². The number of nitrogens with one attached hydrogen (secondary N) is 1. The van der Waals surface area contributed by atoms with Gasteiger partial charge in [-0.05, 0) is 24.7 Å². The van der Waals surface area contributed by atoms with Crippen LogP contribution in [0, 0.1) is 11.6 Å². The Morgan fingerprint density at radius 2 is 1.81 bits per heavy atom. The fraction of sp³-hybridized carbons (Fsp3) is 0.400. The molecular formula is C10H10F5N. The minimum atomic E-state index is -4.36. The lowest BCUT2D eigenvalue weighted by atomic mass is 10.0. The smallest absolute Gasteiger partial charge is 0.313 e. The minimum absolute atomic E-state index is 0.0683. The lowest BCUT2D eigenvalue weighted by molar-refractivity contribution is -0.140. The molecule has 0 fully saturated rings. The van der Waals surface area contributed by atoms with Crippen molar-refractivity contribution in [3.63, 3.8) is 0 Å². The van der Waals surface area contributed by atoms with Gasteiger partial charge in [-0.1, -0.05) is 6.07 Å². The second-order valence-corrected chi connectivity index (χ2v) is 3.33. The number of hydrogen-bond donors (Lipinski definition) is 1. The van der Waals surface area contributed by atoms with E-state index in [0.717, 1.165) is 18.2 Å². The van der Waals surface area contributed by atoms with Crippen LogP contribution in [0.15, 0.2) is 18.2 Å². The van der Waals surface area contributed by atoms with Crippen molar-refractivity contribution in [1.82, 2.24) is 5.32 Å². The van der Waals surface area contributed by atoms with Crippen molar-refractivity contribution in [2.45, 2.75) is 18.6 Å². The highest BCUT2D eigenvalue weighted by Gasteiger charge is 2.32. The molecular weight excluding hydrogens is 229 g/mol. The van der Waals surface area contributed by atoms with Gasteiger partial charge in [0.2, 0.25) is 0 Å². The molecule has 0 amide bonds. The minimum Gasteiger partial charge on any atom is -0.313 e. The first-order valence-electron chi connectivity index (χ1n) is 4.52. The molecule has 0 aliphatic rings. The number of halogens is 5. The van der Waals surface area contributed by atoms with Crippen LogP contribution in [0.1, 0.15) is 18.0 Å². The molecule has 1 unspecified atom stereocenters. The van der Waals surface area contributed by atoms with Gasteiger partial charge in [0.15, 0.2) is 11.6 Å². The van der Waals surface area contributed by atoms with Gasteiger partial charge in [-0.2, -0.15) is 13.2 Å². The fourth-order valence-corrected chi connectivity index (χ4v) is 1.35. The van der Waals surface area contributed by atoms with Crippen molar-refractivity contribution in [2.75, 3.05) is 7.05 Å². The molecule has 0 saturated carbocycles. The molecule has 0 radical (unpaired) electrons. The summed E-state index contributed by atoms with van der Waals surface area (Å²) in [6, 6.07) is 1.63. The molecule has 1 N–H and O–H groups in total. The lowest BCUT2D eigenvalue weighted by Gasteiger charge is -2.18. The Morgan fingerprint density at radius 3 is 2.25 bits per heavy atom. The standard InChI is InChI=1S/C10H10F5N/c1-16-9(5-10(13,14)15)6-2-3-7(11)8(12)4-6/h2-4,9,16H,5H2,1H3. The number of hydrogen-bond acceptors (Lipinski definition) is 1. The zero-order chi connectivity index (χ0) is 12.3. The predicted molar refractivity (Wildman–Crippen MR) is 48.8 cm³/mol. The maximum Gasteiger partial charge on any atom is 0.390 e. The summed E-state index contributed by atoms with van der Waals surface area (Å²) in [7, 11) is 1.33. The normalized spacial score (nSPS) is 13.9. The molecule has 0 bridgehead atoms. The van der Waals surface area contributed by atoms with Crippen LogP contribution in [0.5, 0.6) is 0 Å². The Morgan fingerprint density at radius 1 is 1.19 bits per heavy atom. The molecule has 0 aromatic heterocycles. The summed E-state index contributed by atoms with van der Waals surface area (Å²) in [5, 5.41) is 2.41. The zero-order valence-electron chi connectivity index (χ0n) is 8.41. The van der Waals surface area contributed by atoms with E-state index >= 15 is 0 Å². The third-order valence-corrected chi connectivity index (χ3v) is 2.13. The SMILES string of the molecule is CNC(CC(F)(F)F)c1ccc(F)c(F)c1. The second-order valence-electron chi connectivity index (χ2n) is 3.33. The second kappa shape index (κ2) is 4.78. The van der Waals surface area contributed by atoms with Crippen molar-refractivity contribution < 1.29 is 22.0 Å². The van der Waals surface area contributed by atoms with Crippen molar-refractivity contribution in [2.24, 2.45) is 0 Å². The number of benzene rings is 1. The highest BCUT2D eigenvalue weighted by atomic mass is 19.4. The van der Waals surface area contributed by atoms with Gasteiger partial charge in [-0.3, -0.25) is 0 Å². The van der Waals surface area contributed by atoms with Crippen LogP contribution in [-0.2, 0) is 0 Å². The quantitative estimate of drug-likeness (QED) is 0.799. The molecule has 90 valence electrons. The summed E-state index contributed by atoms with van der Waals surface area (Å²) in [5.41, 5.74) is 0.0683. The monoisotopic (exact) mass is 239 g/mol.